The van der Waals surface area contributed by atoms with E-state index in [1.165, 1.54) is 60.7 Å². The predicted molar refractivity (Wildman–Crippen MR) is 177 cm³/mol. The van der Waals surface area contributed by atoms with Crippen molar-refractivity contribution in [2.45, 2.75) is 0 Å². The highest BCUT2D eigenvalue weighted by Crippen LogP contribution is 2.58. The molecule has 0 radical (unpaired) electrons. The van der Waals surface area contributed by atoms with E-state index in [9.17, 15) is 0 Å². The molecule has 0 bridgehead atoms. The van der Waals surface area contributed by atoms with Gasteiger partial charge in [0.05, 0.1) is 6.20 Å². The number of fused-ring (bicyclic) bond motifs is 4. The summed E-state index contributed by atoms with van der Waals surface area (Å²) in [6.45, 7) is 0. The van der Waals surface area contributed by atoms with Gasteiger partial charge < -0.3 is 0 Å². The molecular weight excluding hydrogens is 538 g/mol. The molecule has 0 fully saturated rings. The zero-order chi connectivity index (χ0) is 29.0. The largest absolute Gasteiger partial charge is 0.261 e. The van der Waals surface area contributed by atoms with Gasteiger partial charge >= 0.3 is 0 Å². The summed E-state index contributed by atoms with van der Waals surface area (Å²) in [5.74, 6) is 1.11. The van der Waals surface area contributed by atoms with Crippen LogP contribution >= 0.6 is 0 Å². The Morgan fingerprint density at radius 1 is 0.409 bits per heavy atom. The molecule has 2 heterocycles. The van der Waals surface area contributed by atoms with Crippen molar-refractivity contribution in [1.29, 1.82) is 0 Å². The summed E-state index contributed by atoms with van der Waals surface area (Å²) in [4.78, 5) is 22.4. The van der Waals surface area contributed by atoms with Crippen LogP contribution in [0.5, 0.6) is 0 Å². The normalized spacial score (nSPS) is 11.6. The maximum absolute atomic E-state index is 4.84. The summed E-state index contributed by atoms with van der Waals surface area (Å²) >= 11 is 0. The van der Waals surface area contributed by atoms with Crippen LogP contribution in [0.2, 0.25) is 0 Å². The molecule has 5 heteroatoms. The Hall–Kier alpha value is -6.07. The van der Waals surface area contributed by atoms with Gasteiger partial charge in [0, 0.05) is 18.0 Å². The second kappa shape index (κ2) is 9.75. The lowest BCUT2D eigenvalue weighted by Gasteiger charge is -2.20. The van der Waals surface area contributed by atoms with E-state index < -0.39 is 0 Å². The Bertz CT molecular complexity index is 2280. The second-order valence-electron chi connectivity index (χ2n) is 10.9. The highest BCUT2D eigenvalue weighted by Gasteiger charge is 2.31. The van der Waals surface area contributed by atoms with Crippen molar-refractivity contribution >= 4 is 21.5 Å². The Morgan fingerprint density at radius 3 is 1.66 bits per heavy atom. The molecule has 0 amide bonds. The van der Waals surface area contributed by atoms with Crippen LogP contribution in [0.1, 0.15) is 0 Å². The molecule has 0 aliphatic heterocycles. The van der Waals surface area contributed by atoms with Crippen molar-refractivity contribution < 1.29 is 0 Å². The van der Waals surface area contributed by atoms with Crippen LogP contribution in [0.3, 0.4) is 0 Å². The Kier molecular flexibility index (Phi) is 5.43. The number of rotatable bonds is 4. The van der Waals surface area contributed by atoms with Gasteiger partial charge in [-0.2, -0.15) is 0 Å². The highest BCUT2D eigenvalue weighted by atomic mass is 15.0. The maximum Gasteiger partial charge on any atom is 0.183 e. The van der Waals surface area contributed by atoms with Crippen molar-refractivity contribution in [3.8, 4) is 67.4 Å². The van der Waals surface area contributed by atoms with E-state index in [1.807, 2.05) is 0 Å². The summed E-state index contributed by atoms with van der Waals surface area (Å²) < 4.78 is 0. The molecule has 44 heavy (non-hydrogen) atoms. The topological polar surface area (TPSA) is 64.5 Å². The molecule has 0 saturated carbocycles. The minimum absolute atomic E-state index is 0.499. The van der Waals surface area contributed by atoms with Gasteiger partial charge in [-0.25, -0.2) is 19.9 Å². The van der Waals surface area contributed by atoms with Crippen molar-refractivity contribution in [2.75, 3.05) is 0 Å². The lowest BCUT2D eigenvalue weighted by Crippen LogP contribution is -1.97. The SMILES string of the molecule is c1ccc(-c2c3c(c(-c4ccccc4)c4ccccc24)-c2ccc(-c4ncnc(-c5cnccn5)n4)c4cccc-3c24)cc1. The van der Waals surface area contributed by atoms with Crippen molar-refractivity contribution in [3.05, 3.63) is 140 Å². The first kappa shape index (κ1) is 24.5. The van der Waals surface area contributed by atoms with Crippen molar-refractivity contribution in [2.24, 2.45) is 0 Å². The third-order valence-electron chi connectivity index (χ3n) is 8.52. The van der Waals surface area contributed by atoms with Gasteiger partial charge in [-0.3, -0.25) is 4.98 Å². The molecule has 0 N–H and O–H groups in total. The van der Waals surface area contributed by atoms with Gasteiger partial charge in [0.1, 0.15) is 12.0 Å². The molecule has 1 aliphatic rings. The first-order valence-corrected chi connectivity index (χ1v) is 14.6. The molecule has 8 aromatic rings. The average Bonchev–Trinajstić information content (AvgIpc) is 3.43. The fourth-order valence-corrected chi connectivity index (χ4v) is 6.77. The van der Waals surface area contributed by atoms with E-state index in [-0.39, 0.29) is 0 Å². The lowest BCUT2D eigenvalue weighted by molar-refractivity contribution is 1.04. The fraction of sp³-hybridized carbons (Fsp3) is 0. The molecule has 0 unspecified atom stereocenters. The van der Waals surface area contributed by atoms with Gasteiger partial charge in [-0.1, -0.05) is 109 Å². The number of benzene rings is 6. The Balaban J connectivity index is 1.39. The molecular formula is C39H23N5. The van der Waals surface area contributed by atoms with E-state index in [2.05, 4.69) is 135 Å². The zero-order valence-electron chi connectivity index (χ0n) is 23.5. The fourth-order valence-electron chi connectivity index (χ4n) is 6.77. The van der Waals surface area contributed by atoms with E-state index in [1.54, 1.807) is 24.9 Å². The van der Waals surface area contributed by atoms with Crippen LogP contribution < -0.4 is 0 Å². The maximum atomic E-state index is 4.84. The second-order valence-corrected chi connectivity index (χ2v) is 10.9. The van der Waals surface area contributed by atoms with Crippen LogP contribution in [0.15, 0.2) is 140 Å². The molecule has 1 aliphatic carbocycles. The van der Waals surface area contributed by atoms with Gasteiger partial charge in [0.15, 0.2) is 11.6 Å². The van der Waals surface area contributed by atoms with Gasteiger partial charge in [0.25, 0.3) is 0 Å². The van der Waals surface area contributed by atoms with Gasteiger partial charge in [-0.15, -0.1) is 0 Å². The Morgan fingerprint density at radius 2 is 1.00 bits per heavy atom. The predicted octanol–water partition coefficient (Wildman–Crippen LogP) is 9.28. The third-order valence-corrected chi connectivity index (χ3v) is 8.52. The molecule has 5 nitrogen and oxygen atoms in total. The lowest BCUT2D eigenvalue weighted by atomic mass is 9.82. The number of aromatic nitrogens is 5. The monoisotopic (exact) mass is 561 g/mol. The molecule has 9 rings (SSSR count). The summed E-state index contributed by atoms with van der Waals surface area (Å²) in [5, 5.41) is 4.81. The highest BCUT2D eigenvalue weighted by molar-refractivity contribution is 6.28. The molecule has 204 valence electrons. The van der Waals surface area contributed by atoms with Crippen molar-refractivity contribution in [3.63, 3.8) is 0 Å². The van der Waals surface area contributed by atoms with Gasteiger partial charge in [0.2, 0.25) is 0 Å². The summed E-state index contributed by atoms with van der Waals surface area (Å²) in [7, 11) is 0. The molecule has 2 aromatic heterocycles. The van der Waals surface area contributed by atoms with E-state index in [0.29, 0.717) is 17.3 Å². The van der Waals surface area contributed by atoms with Crippen LogP contribution in [0.25, 0.3) is 89.0 Å². The van der Waals surface area contributed by atoms with E-state index in [4.69, 9.17) is 4.98 Å². The van der Waals surface area contributed by atoms with E-state index >= 15 is 0 Å². The molecule has 0 spiro atoms. The first-order valence-electron chi connectivity index (χ1n) is 14.6. The molecule has 0 atom stereocenters. The first-order chi connectivity index (χ1) is 21.9. The molecule has 6 aromatic carbocycles. The number of nitrogens with zero attached hydrogens (tertiary/aromatic N) is 5. The quantitative estimate of drug-likeness (QED) is 0.214. The number of hydrogen-bond donors (Lipinski definition) is 0. The van der Waals surface area contributed by atoms with Crippen molar-refractivity contribution in [1.82, 2.24) is 24.9 Å². The summed E-state index contributed by atoms with van der Waals surface area (Å²) in [5.41, 5.74) is 11.5. The minimum atomic E-state index is 0.499. The zero-order valence-corrected chi connectivity index (χ0v) is 23.5. The molecule has 0 saturated heterocycles. The third kappa shape index (κ3) is 3.63. The number of hydrogen-bond acceptors (Lipinski definition) is 5. The van der Waals surface area contributed by atoms with Gasteiger partial charge in [-0.05, 0) is 72.1 Å². The summed E-state index contributed by atoms with van der Waals surface area (Å²) in [6, 6.07) is 41.3. The van der Waals surface area contributed by atoms with E-state index in [0.717, 1.165) is 10.9 Å². The van der Waals surface area contributed by atoms with Crippen LogP contribution in [0.4, 0.5) is 0 Å². The van der Waals surface area contributed by atoms with Crippen LogP contribution in [-0.4, -0.2) is 24.9 Å². The average molecular weight is 562 g/mol. The smallest absolute Gasteiger partial charge is 0.183 e. The standard InChI is InChI=1S/C39H23N5/c1-3-10-24(11-4-1)33-26-14-7-8-15-27(26)34(25-12-5-2-6-13-25)37-31-19-18-29(28-16-9-17-30(35(28)31)36(33)37)38-42-23-43-39(44-38)32-22-40-20-21-41-32/h1-23H. The minimum Gasteiger partial charge on any atom is -0.261 e. The van der Waals surface area contributed by atoms with Crippen LogP contribution in [-0.2, 0) is 0 Å². The Labute approximate surface area is 253 Å². The summed E-state index contributed by atoms with van der Waals surface area (Å²) in [6.07, 6.45) is 6.51. The van der Waals surface area contributed by atoms with Crippen LogP contribution in [0, 0.1) is 0 Å².